The van der Waals surface area contributed by atoms with Gasteiger partial charge in [0.2, 0.25) is 0 Å². The summed E-state index contributed by atoms with van der Waals surface area (Å²) < 4.78 is 5.26. The van der Waals surface area contributed by atoms with Crippen LogP contribution in [0, 0.1) is 0 Å². The van der Waals surface area contributed by atoms with Gasteiger partial charge in [0.15, 0.2) is 0 Å². The third-order valence-corrected chi connectivity index (χ3v) is 3.47. The molecule has 0 radical (unpaired) electrons. The van der Waals surface area contributed by atoms with Gasteiger partial charge in [-0.3, -0.25) is 9.59 Å². The van der Waals surface area contributed by atoms with E-state index < -0.39 is 5.97 Å². The molecule has 126 valence electrons. The van der Waals surface area contributed by atoms with Gasteiger partial charge in [-0.15, -0.1) is 6.58 Å². The van der Waals surface area contributed by atoms with E-state index >= 15 is 0 Å². The zero-order valence-corrected chi connectivity index (χ0v) is 13.6. The molecule has 0 saturated carbocycles. The summed E-state index contributed by atoms with van der Waals surface area (Å²) >= 11 is 0. The Morgan fingerprint density at radius 2 is 1.41 bits per heavy atom. The number of carboxylic acid groups (broad SMARTS) is 1. The molecule has 0 rings (SSSR count). The van der Waals surface area contributed by atoms with Crippen molar-refractivity contribution in [1.82, 2.24) is 0 Å². The summed E-state index contributed by atoms with van der Waals surface area (Å²) in [6.07, 6.45) is 12.6. The molecule has 0 saturated heterocycles. The molecule has 0 aliphatic heterocycles. The fourth-order valence-electron chi connectivity index (χ4n) is 2.19. The summed E-state index contributed by atoms with van der Waals surface area (Å²) in [6, 6.07) is 0. The summed E-state index contributed by atoms with van der Waals surface area (Å²) in [5, 5.41) is 8.51. The van der Waals surface area contributed by atoms with E-state index in [4.69, 9.17) is 9.84 Å². The molecular weight excluding hydrogens is 280 g/mol. The van der Waals surface area contributed by atoms with Crippen molar-refractivity contribution in [2.45, 2.75) is 76.7 Å². The Morgan fingerprint density at radius 3 is 1.86 bits per heavy atom. The Kier molecular flexibility index (Phi) is 13.3. The third kappa shape index (κ3) is 13.4. The molecule has 22 heavy (non-hydrogen) atoms. The van der Waals surface area contributed by atoms with Crippen LogP contribution in [-0.4, -0.2) is 23.1 Å². The summed E-state index contributed by atoms with van der Waals surface area (Å²) in [6.45, 7) is 7.25. The summed E-state index contributed by atoms with van der Waals surface area (Å²) in [4.78, 5) is 21.9. The van der Waals surface area contributed by atoms with Crippen LogP contribution >= 0.6 is 0 Å². The van der Waals surface area contributed by atoms with Crippen molar-refractivity contribution >= 4 is 11.9 Å². The number of esters is 1. The van der Waals surface area contributed by atoms with Crippen LogP contribution in [0.5, 0.6) is 0 Å². The minimum Gasteiger partial charge on any atom is -0.481 e. The number of unbranched alkanes of at least 4 members (excludes halogenated alkanes) is 7. The number of hydrogen-bond donors (Lipinski definition) is 1. The number of carbonyl (C=O) groups excluding carboxylic acids is 1. The average Bonchev–Trinajstić information content (AvgIpc) is 2.48. The van der Waals surface area contributed by atoms with Gasteiger partial charge in [0.05, 0.1) is 0 Å². The number of ether oxygens (including phenoxy) is 1. The number of carboxylic acids is 1. The van der Waals surface area contributed by atoms with E-state index in [1.54, 1.807) is 12.2 Å². The molecule has 0 aromatic heterocycles. The molecule has 4 nitrogen and oxygen atoms in total. The van der Waals surface area contributed by atoms with Crippen molar-refractivity contribution in [1.29, 1.82) is 0 Å². The Hall–Kier alpha value is -1.58. The van der Waals surface area contributed by atoms with Crippen LogP contribution in [-0.2, 0) is 14.3 Å². The highest BCUT2D eigenvalue weighted by Crippen LogP contribution is 2.11. The van der Waals surface area contributed by atoms with Crippen molar-refractivity contribution in [3.05, 3.63) is 25.3 Å². The third-order valence-electron chi connectivity index (χ3n) is 3.47. The number of carbonyl (C=O) groups is 2. The van der Waals surface area contributed by atoms with Crippen LogP contribution in [0.25, 0.3) is 0 Å². The lowest BCUT2D eigenvalue weighted by molar-refractivity contribution is -0.147. The molecule has 1 N–H and O–H groups in total. The molecule has 0 amide bonds. The number of aliphatic carboxylic acids is 1. The van der Waals surface area contributed by atoms with E-state index in [2.05, 4.69) is 13.2 Å². The van der Waals surface area contributed by atoms with Crippen molar-refractivity contribution in [2.24, 2.45) is 0 Å². The van der Waals surface area contributed by atoms with E-state index in [1.807, 2.05) is 0 Å². The van der Waals surface area contributed by atoms with Gasteiger partial charge in [0.1, 0.15) is 6.10 Å². The largest absolute Gasteiger partial charge is 0.481 e. The van der Waals surface area contributed by atoms with Crippen LogP contribution in [0.4, 0.5) is 0 Å². The molecule has 4 heteroatoms. The van der Waals surface area contributed by atoms with Crippen LogP contribution < -0.4 is 0 Å². The fourth-order valence-corrected chi connectivity index (χ4v) is 2.19. The van der Waals surface area contributed by atoms with Crippen LogP contribution in [0.1, 0.15) is 70.6 Å². The second-order valence-electron chi connectivity index (χ2n) is 5.51. The Morgan fingerprint density at radius 1 is 0.909 bits per heavy atom. The maximum absolute atomic E-state index is 11.6. The molecule has 0 bridgehead atoms. The zero-order chi connectivity index (χ0) is 16.6. The van der Waals surface area contributed by atoms with Gasteiger partial charge >= 0.3 is 11.9 Å². The lowest BCUT2D eigenvalue weighted by Gasteiger charge is -2.11. The quantitative estimate of drug-likeness (QED) is 0.272. The summed E-state index contributed by atoms with van der Waals surface area (Å²) in [5.41, 5.74) is 0. The molecule has 0 spiro atoms. The standard InChI is InChI=1S/C18H30O4/c1-3-13-16(4-2)22-18(21)15-12-10-8-6-5-7-9-11-14-17(19)20/h3-4,16H,1-2,5-15H2,(H,19,20). The van der Waals surface area contributed by atoms with Crippen LogP contribution in [0.3, 0.4) is 0 Å². The molecule has 0 aliphatic carbocycles. The van der Waals surface area contributed by atoms with Gasteiger partial charge in [-0.1, -0.05) is 57.3 Å². The van der Waals surface area contributed by atoms with Gasteiger partial charge in [0.25, 0.3) is 0 Å². The number of rotatable bonds is 15. The summed E-state index contributed by atoms with van der Waals surface area (Å²) in [7, 11) is 0. The van der Waals surface area contributed by atoms with Crippen molar-refractivity contribution in [2.75, 3.05) is 0 Å². The van der Waals surface area contributed by atoms with Gasteiger partial charge in [-0.25, -0.2) is 0 Å². The first-order chi connectivity index (χ1) is 10.6. The van der Waals surface area contributed by atoms with Crippen molar-refractivity contribution in [3.63, 3.8) is 0 Å². The topological polar surface area (TPSA) is 63.6 Å². The molecule has 1 unspecified atom stereocenters. The van der Waals surface area contributed by atoms with E-state index in [-0.39, 0.29) is 18.5 Å². The molecule has 0 aliphatic rings. The Balaban J connectivity index is 3.38. The summed E-state index contributed by atoms with van der Waals surface area (Å²) in [5.74, 6) is -0.876. The first-order valence-corrected chi connectivity index (χ1v) is 8.25. The fraction of sp³-hybridized carbons (Fsp3) is 0.667. The van der Waals surface area contributed by atoms with Gasteiger partial charge in [-0.05, 0) is 12.8 Å². The minimum atomic E-state index is -0.710. The van der Waals surface area contributed by atoms with Crippen molar-refractivity contribution < 1.29 is 19.4 Å². The number of hydrogen-bond acceptors (Lipinski definition) is 3. The van der Waals surface area contributed by atoms with Gasteiger partial charge in [0, 0.05) is 19.3 Å². The second kappa shape index (κ2) is 14.4. The highest BCUT2D eigenvalue weighted by molar-refractivity contribution is 5.69. The molecule has 0 aromatic carbocycles. The minimum absolute atomic E-state index is 0.166. The van der Waals surface area contributed by atoms with Crippen molar-refractivity contribution in [3.8, 4) is 0 Å². The predicted molar refractivity (Wildman–Crippen MR) is 88.7 cm³/mol. The Labute approximate surface area is 134 Å². The first kappa shape index (κ1) is 20.4. The van der Waals surface area contributed by atoms with E-state index in [0.29, 0.717) is 12.8 Å². The van der Waals surface area contributed by atoms with Gasteiger partial charge in [-0.2, -0.15) is 0 Å². The van der Waals surface area contributed by atoms with E-state index in [1.165, 1.54) is 0 Å². The SMILES string of the molecule is C=CCC(C=C)OC(=O)CCCCCCCCCCC(=O)O. The highest BCUT2D eigenvalue weighted by atomic mass is 16.5. The van der Waals surface area contributed by atoms with Crippen LogP contribution in [0.15, 0.2) is 25.3 Å². The van der Waals surface area contributed by atoms with E-state index in [9.17, 15) is 9.59 Å². The molecule has 1 atom stereocenters. The predicted octanol–water partition coefficient (Wildman–Crippen LogP) is 4.65. The smallest absolute Gasteiger partial charge is 0.306 e. The molecule has 0 fully saturated rings. The van der Waals surface area contributed by atoms with Gasteiger partial charge < -0.3 is 9.84 Å². The maximum Gasteiger partial charge on any atom is 0.306 e. The van der Waals surface area contributed by atoms with Crippen LogP contribution in [0.2, 0.25) is 0 Å². The second-order valence-corrected chi connectivity index (χ2v) is 5.51. The Bertz CT molecular complexity index is 336. The average molecular weight is 310 g/mol. The molecule has 0 heterocycles. The normalized spacial score (nSPS) is 11.6. The lowest BCUT2D eigenvalue weighted by atomic mass is 10.1. The molecule has 0 aromatic rings. The monoisotopic (exact) mass is 310 g/mol. The zero-order valence-electron chi connectivity index (χ0n) is 13.6. The maximum atomic E-state index is 11.6. The van der Waals surface area contributed by atoms with E-state index in [0.717, 1.165) is 51.4 Å². The molecular formula is C18H30O4. The highest BCUT2D eigenvalue weighted by Gasteiger charge is 2.08. The lowest BCUT2D eigenvalue weighted by Crippen LogP contribution is -2.14. The first-order valence-electron chi connectivity index (χ1n) is 8.25.